The maximum Gasteiger partial charge on any atom is -0.0360 e. The lowest BCUT2D eigenvalue weighted by Crippen LogP contribution is -2.29. The Bertz CT molecular complexity index is 122. The predicted molar refractivity (Wildman–Crippen MR) is 48.5 cm³/mol. The molecule has 11 heavy (non-hydrogen) atoms. The van der Waals surface area contributed by atoms with Gasteiger partial charge < -0.3 is 0 Å². The monoisotopic (exact) mass is 152 g/mol. The van der Waals surface area contributed by atoms with Gasteiger partial charge in [-0.15, -0.1) is 0 Å². The zero-order valence-corrected chi connectivity index (χ0v) is 7.68. The fourth-order valence-corrected chi connectivity index (χ4v) is 2.91. The fourth-order valence-electron chi connectivity index (χ4n) is 2.91. The minimum atomic E-state index is 1.05. The van der Waals surface area contributed by atoms with E-state index in [0.717, 1.165) is 17.8 Å². The highest BCUT2D eigenvalue weighted by Gasteiger charge is 2.32. The van der Waals surface area contributed by atoms with E-state index in [0.29, 0.717) is 0 Å². The second-order valence-electron chi connectivity index (χ2n) is 4.62. The number of hydrogen-bond acceptors (Lipinski definition) is 0. The highest BCUT2D eigenvalue weighted by atomic mass is 14.4. The largest absolute Gasteiger partial charge is 0.0622 e. The van der Waals surface area contributed by atoms with Crippen LogP contribution in [0.3, 0.4) is 0 Å². The van der Waals surface area contributed by atoms with E-state index >= 15 is 0 Å². The van der Waals surface area contributed by atoms with Crippen molar-refractivity contribution >= 4 is 0 Å². The summed E-state index contributed by atoms with van der Waals surface area (Å²) in [5.74, 6) is 3.32. The summed E-state index contributed by atoms with van der Waals surface area (Å²) in [5.41, 5.74) is 0. The van der Waals surface area contributed by atoms with E-state index in [1.807, 2.05) is 0 Å². The SMILES string of the molecule is CC1CCCCC1C1CCC1. The summed E-state index contributed by atoms with van der Waals surface area (Å²) >= 11 is 0. The summed E-state index contributed by atoms with van der Waals surface area (Å²) in [6.45, 7) is 2.47. The van der Waals surface area contributed by atoms with Crippen LogP contribution in [0.1, 0.15) is 51.9 Å². The van der Waals surface area contributed by atoms with Crippen molar-refractivity contribution in [3.05, 3.63) is 0 Å². The van der Waals surface area contributed by atoms with E-state index in [1.54, 1.807) is 19.3 Å². The van der Waals surface area contributed by atoms with E-state index in [-0.39, 0.29) is 0 Å². The zero-order chi connectivity index (χ0) is 7.68. The van der Waals surface area contributed by atoms with E-state index in [4.69, 9.17) is 0 Å². The third-order valence-corrected chi connectivity index (χ3v) is 3.93. The van der Waals surface area contributed by atoms with Crippen LogP contribution in [0.2, 0.25) is 0 Å². The lowest BCUT2D eigenvalue weighted by atomic mass is 9.66. The second-order valence-corrected chi connectivity index (χ2v) is 4.62. The molecule has 0 heterocycles. The molecule has 2 unspecified atom stereocenters. The van der Waals surface area contributed by atoms with E-state index in [2.05, 4.69) is 6.92 Å². The predicted octanol–water partition coefficient (Wildman–Crippen LogP) is 3.61. The molecule has 64 valence electrons. The summed E-state index contributed by atoms with van der Waals surface area (Å²) in [4.78, 5) is 0. The molecule has 2 rings (SSSR count). The molecule has 0 aromatic heterocycles. The van der Waals surface area contributed by atoms with E-state index in [1.165, 1.54) is 25.7 Å². The molecule has 0 saturated heterocycles. The smallest absolute Gasteiger partial charge is 0.0360 e. The van der Waals surface area contributed by atoms with Crippen LogP contribution in [0, 0.1) is 17.8 Å². The van der Waals surface area contributed by atoms with Gasteiger partial charge in [0.25, 0.3) is 0 Å². The molecule has 0 nitrogen and oxygen atoms in total. The first-order chi connectivity index (χ1) is 5.38. The Morgan fingerprint density at radius 2 is 1.55 bits per heavy atom. The Balaban J connectivity index is 1.88. The van der Waals surface area contributed by atoms with Crippen molar-refractivity contribution in [1.29, 1.82) is 0 Å². The molecule has 0 aliphatic heterocycles. The van der Waals surface area contributed by atoms with Crippen LogP contribution < -0.4 is 0 Å². The van der Waals surface area contributed by atoms with Gasteiger partial charge in [-0.05, 0) is 24.2 Å². The molecule has 2 aliphatic rings. The van der Waals surface area contributed by atoms with Gasteiger partial charge in [-0.1, -0.05) is 45.4 Å². The Hall–Kier alpha value is 0. The lowest BCUT2D eigenvalue weighted by Gasteiger charge is -2.40. The van der Waals surface area contributed by atoms with Crippen molar-refractivity contribution in [2.24, 2.45) is 17.8 Å². The number of rotatable bonds is 1. The Morgan fingerprint density at radius 3 is 2.09 bits per heavy atom. The van der Waals surface area contributed by atoms with Gasteiger partial charge in [-0.25, -0.2) is 0 Å². The summed E-state index contributed by atoms with van der Waals surface area (Å²) in [7, 11) is 0. The van der Waals surface area contributed by atoms with E-state index in [9.17, 15) is 0 Å². The fraction of sp³-hybridized carbons (Fsp3) is 1.00. The van der Waals surface area contributed by atoms with Crippen molar-refractivity contribution in [2.45, 2.75) is 51.9 Å². The maximum atomic E-state index is 2.47. The first kappa shape index (κ1) is 7.64. The molecular formula is C11H20. The molecule has 0 aromatic carbocycles. The Morgan fingerprint density at radius 1 is 0.818 bits per heavy atom. The quantitative estimate of drug-likeness (QED) is 0.538. The van der Waals surface area contributed by atoms with Gasteiger partial charge in [0.05, 0.1) is 0 Å². The summed E-state index contributed by atoms with van der Waals surface area (Å²) in [6, 6.07) is 0. The minimum Gasteiger partial charge on any atom is -0.0622 e. The number of hydrogen-bond donors (Lipinski definition) is 0. The van der Waals surface area contributed by atoms with Crippen LogP contribution in [0.4, 0.5) is 0 Å². The summed E-state index contributed by atoms with van der Waals surface area (Å²) in [6.07, 6.45) is 10.7. The van der Waals surface area contributed by atoms with Crippen LogP contribution in [-0.2, 0) is 0 Å². The second kappa shape index (κ2) is 3.16. The maximum absolute atomic E-state index is 2.47. The van der Waals surface area contributed by atoms with Gasteiger partial charge in [0.15, 0.2) is 0 Å². The Labute approximate surface area is 70.4 Å². The molecule has 2 fully saturated rings. The van der Waals surface area contributed by atoms with Crippen molar-refractivity contribution in [1.82, 2.24) is 0 Å². The van der Waals surface area contributed by atoms with Crippen molar-refractivity contribution in [2.75, 3.05) is 0 Å². The first-order valence-corrected chi connectivity index (χ1v) is 5.38. The van der Waals surface area contributed by atoms with E-state index < -0.39 is 0 Å². The average Bonchev–Trinajstić information content (AvgIpc) is 1.90. The van der Waals surface area contributed by atoms with Gasteiger partial charge >= 0.3 is 0 Å². The molecule has 0 bridgehead atoms. The van der Waals surface area contributed by atoms with Crippen molar-refractivity contribution < 1.29 is 0 Å². The topological polar surface area (TPSA) is 0 Å². The van der Waals surface area contributed by atoms with Crippen molar-refractivity contribution in [3.8, 4) is 0 Å². The third kappa shape index (κ3) is 1.45. The molecule has 0 radical (unpaired) electrons. The van der Waals surface area contributed by atoms with Crippen molar-refractivity contribution in [3.63, 3.8) is 0 Å². The molecule has 0 N–H and O–H groups in total. The molecular weight excluding hydrogens is 132 g/mol. The standard InChI is InChI=1S/C11H20/c1-9-5-2-3-8-11(9)10-6-4-7-10/h9-11H,2-8H2,1H3. The van der Waals surface area contributed by atoms with Crippen LogP contribution in [0.5, 0.6) is 0 Å². The van der Waals surface area contributed by atoms with Crippen LogP contribution in [0.15, 0.2) is 0 Å². The molecule has 2 atom stereocenters. The van der Waals surface area contributed by atoms with Crippen LogP contribution in [-0.4, -0.2) is 0 Å². The molecule has 2 aliphatic carbocycles. The average molecular weight is 152 g/mol. The molecule has 0 heteroatoms. The Kier molecular flexibility index (Phi) is 2.20. The lowest BCUT2D eigenvalue weighted by molar-refractivity contribution is 0.112. The van der Waals surface area contributed by atoms with Gasteiger partial charge in [-0.2, -0.15) is 0 Å². The normalized spacial score (nSPS) is 40.1. The molecule has 2 saturated carbocycles. The van der Waals surface area contributed by atoms with Gasteiger partial charge in [-0.3, -0.25) is 0 Å². The summed E-state index contributed by atoms with van der Waals surface area (Å²) < 4.78 is 0. The molecule has 0 spiro atoms. The highest BCUT2D eigenvalue weighted by Crippen LogP contribution is 2.43. The third-order valence-electron chi connectivity index (χ3n) is 3.93. The van der Waals surface area contributed by atoms with Gasteiger partial charge in [0.1, 0.15) is 0 Å². The molecule has 0 aromatic rings. The molecule has 0 amide bonds. The van der Waals surface area contributed by atoms with Crippen LogP contribution >= 0.6 is 0 Å². The van der Waals surface area contributed by atoms with Gasteiger partial charge in [0.2, 0.25) is 0 Å². The van der Waals surface area contributed by atoms with Crippen LogP contribution in [0.25, 0.3) is 0 Å². The zero-order valence-electron chi connectivity index (χ0n) is 7.68. The summed E-state index contributed by atoms with van der Waals surface area (Å²) in [5, 5.41) is 0. The minimum absolute atomic E-state index is 1.05. The highest BCUT2D eigenvalue weighted by molar-refractivity contribution is 4.83. The first-order valence-electron chi connectivity index (χ1n) is 5.38. The van der Waals surface area contributed by atoms with Gasteiger partial charge in [0, 0.05) is 0 Å².